The van der Waals surface area contributed by atoms with E-state index in [1.807, 2.05) is 26.0 Å². The lowest BCUT2D eigenvalue weighted by Crippen LogP contribution is -2.02. The number of thiophene rings is 1. The highest BCUT2D eigenvalue weighted by Crippen LogP contribution is 2.42. The first-order valence-electron chi connectivity index (χ1n) is 6.25. The van der Waals surface area contributed by atoms with Crippen LogP contribution in [0.1, 0.15) is 27.7 Å². The first kappa shape index (κ1) is 15.1. The fourth-order valence-corrected chi connectivity index (χ4v) is 4.19. The van der Waals surface area contributed by atoms with Gasteiger partial charge < -0.3 is 10.5 Å². The number of carbonyl (C=O) groups is 1. The van der Waals surface area contributed by atoms with Gasteiger partial charge in [-0.1, -0.05) is 35.0 Å². The Balaban J connectivity index is 2.64. The fourth-order valence-electron chi connectivity index (χ4n) is 2.10. The van der Waals surface area contributed by atoms with Gasteiger partial charge in [0.05, 0.1) is 12.8 Å². The van der Waals surface area contributed by atoms with Gasteiger partial charge in [-0.2, -0.15) is 0 Å². The molecule has 0 aliphatic rings. The van der Waals surface area contributed by atoms with Crippen LogP contribution in [0.25, 0.3) is 10.4 Å². The minimum Gasteiger partial charge on any atom is -0.465 e. The van der Waals surface area contributed by atoms with Crippen molar-refractivity contribution >= 4 is 38.9 Å². The fraction of sp³-hybridized carbons (Fsp3) is 0.267. The summed E-state index contributed by atoms with van der Waals surface area (Å²) in [4.78, 5) is 13.3. The number of carbonyl (C=O) groups excluding carboxylic acids is 1. The van der Waals surface area contributed by atoms with Crippen LogP contribution in [-0.4, -0.2) is 13.1 Å². The minimum absolute atomic E-state index is 0.378. The maximum atomic E-state index is 11.8. The second-order valence-electron chi connectivity index (χ2n) is 4.48. The third-order valence-electron chi connectivity index (χ3n) is 3.14. The molecular weight excluding hydrogens is 338 g/mol. The van der Waals surface area contributed by atoms with Crippen LogP contribution < -0.4 is 5.73 Å². The number of hydrogen-bond acceptors (Lipinski definition) is 4. The SMILES string of the molecule is CCc1c(-c2ccc(C)cc2Br)sc(C(=O)OC)c1N. The molecule has 0 atom stereocenters. The average Bonchev–Trinajstić information content (AvgIpc) is 2.74. The zero-order chi connectivity index (χ0) is 14.9. The molecule has 0 spiro atoms. The molecule has 0 amide bonds. The number of esters is 1. The predicted molar refractivity (Wildman–Crippen MR) is 87.3 cm³/mol. The molecule has 0 saturated carbocycles. The topological polar surface area (TPSA) is 52.3 Å². The summed E-state index contributed by atoms with van der Waals surface area (Å²) in [6, 6.07) is 6.15. The summed E-state index contributed by atoms with van der Waals surface area (Å²) >= 11 is 4.97. The molecule has 0 fully saturated rings. The van der Waals surface area contributed by atoms with E-state index < -0.39 is 0 Å². The van der Waals surface area contributed by atoms with Crippen molar-refractivity contribution in [2.24, 2.45) is 0 Å². The summed E-state index contributed by atoms with van der Waals surface area (Å²) in [5, 5.41) is 0. The molecule has 5 heteroatoms. The molecule has 1 heterocycles. The van der Waals surface area contributed by atoms with Crippen molar-refractivity contribution in [1.82, 2.24) is 0 Å². The Morgan fingerprint density at radius 1 is 1.45 bits per heavy atom. The Morgan fingerprint density at radius 3 is 2.70 bits per heavy atom. The summed E-state index contributed by atoms with van der Waals surface area (Å²) in [5.41, 5.74) is 9.87. The predicted octanol–water partition coefficient (Wildman–Crippen LogP) is 4.42. The molecule has 20 heavy (non-hydrogen) atoms. The molecule has 3 nitrogen and oxygen atoms in total. The van der Waals surface area contributed by atoms with E-state index in [0.29, 0.717) is 10.6 Å². The number of rotatable bonds is 3. The van der Waals surface area contributed by atoms with Gasteiger partial charge in [0, 0.05) is 14.9 Å². The molecule has 0 unspecified atom stereocenters. The number of nitrogens with two attached hydrogens (primary N) is 1. The van der Waals surface area contributed by atoms with Crippen LogP contribution in [0.3, 0.4) is 0 Å². The van der Waals surface area contributed by atoms with Gasteiger partial charge in [-0.3, -0.25) is 0 Å². The lowest BCUT2D eigenvalue weighted by Gasteiger charge is -2.06. The Labute approximate surface area is 130 Å². The average molecular weight is 354 g/mol. The van der Waals surface area contributed by atoms with Crippen LogP contribution in [0.4, 0.5) is 5.69 Å². The van der Waals surface area contributed by atoms with Gasteiger partial charge in [-0.05, 0) is 30.5 Å². The van der Waals surface area contributed by atoms with Gasteiger partial charge in [-0.25, -0.2) is 4.79 Å². The second-order valence-corrected chi connectivity index (χ2v) is 6.36. The Hall–Kier alpha value is -1.33. The molecule has 106 valence electrons. The standard InChI is InChI=1S/C15H16BrNO2S/c1-4-9-12(17)14(15(18)19-3)20-13(9)10-6-5-8(2)7-11(10)16/h5-7H,4,17H2,1-3H3. The maximum Gasteiger partial charge on any atom is 0.350 e. The highest BCUT2D eigenvalue weighted by molar-refractivity contribution is 9.10. The molecule has 2 aromatic rings. The summed E-state index contributed by atoms with van der Waals surface area (Å²) < 4.78 is 5.80. The van der Waals surface area contributed by atoms with Crippen molar-refractivity contribution in [3.8, 4) is 10.4 Å². The molecule has 0 saturated heterocycles. The van der Waals surface area contributed by atoms with E-state index in [1.165, 1.54) is 24.0 Å². The monoisotopic (exact) mass is 353 g/mol. The number of halogens is 1. The van der Waals surface area contributed by atoms with Crippen molar-refractivity contribution in [1.29, 1.82) is 0 Å². The first-order valence-corrected chi connectivity index (χ1v) is 7.86. The van der Waals surface area contributed by atoms with E-state index in [0.717, 1.165) is 26.9 Å². The third-order valence-corrected chi connectivity index (χ3v) is 5.06. The highest BCUT2D eigenvalue weighted by atomic mass is 79.9. The normalized spacial score (nSPS) is 10.6. The number of hydrogen-bond donors (Lipinski definition) is 1. The van der Waals surface area contributed by atoms with Crippen LogP contribution >= 0.6 is 27.3 Å². The summed E-state index contributed by atoms with van der Waals surface area (Å²) in [6.07, 6.45) is 0.773. The number of ether oxygens (including phenoxy) is 1. The number of aryl methyl sites for hydroxylation is 1. The zero-order valence-electron chi connectivity index (χ0n) is 11.6. The van der Waals surface area contributed by atoms with Gasteiger partial charge in [0.25, 0.3) is 0 Å². The minimum atomic E-state index is -0.378. The maximum absolute atomic E-state index is 11.8. The first-order chi connectivity index (χ1) is 9.49. The second kappa shape index (κ2) is 5.97. The molecule has 0 aliphatic carbocycles. The van der Waals surface area contributed by atoms with E-state index in [-0.39, 0.29) is 5.97 Å². The van der Waals surface area contributed by atoms with E-state index >= 15 is 0 Å². The number of nitrogen functional groups attached to an aromatic ring is 1. The third kappa shape index (κ3) is 2.60. The van der Waals surface area contributed by atoms with E-state index in [9.17, 15) is 4.79 Å². The van der Waals surface area contributed by atoms with E-state index in [2.05, 4.69) is 22.0 Å². The summed E-state index contributed by atoms with van der Waals surface area (Å²) in [5.74, 6) is -0.378. The molecule has 1 aromatic carbocycles. The Bertz CT molecular complexity index is 664. The van der Waals surface area contributed by atoms with Gasteiger partial charge in [-0.15, -0.1) is 11.3 Å². The molecule has 0 bridgehead atoms. The van der Waals surface area contributed by atoms with Crippen LogP contribution in [0, 0.1) is 6.92 Å². The van der Waals surface area contributed by atoms with Crippen molar-refractivity contribution in [3.63, 3.8) is 0 Å². The summed E-state index contributed by atoms with van der Waals surface area (Å²) in [7, 11) is 1.37. The van der Waals surface area contributed by atoms with Crippen molar-refractivity contribution < 1.29 is 9.53 Å². The van der Waals surface area contributed by atoms with Crippen molar-refractivity contribution in [2.45, 2.75) is 20.3 Å². The van der Waals surface area contributed by atoms with Gasteiger partial charge in [0.15, 0.2) is 0 Å². The molecule has 2 rings (SSSR count). The molecule has 0 radical (unpaired) electrons. The van der Waals surface area contributed by atoms with Crippen LogP contribution in [0.5, 0.6) is 0 Å². The largest absolute Gasteiger partial charge is 0.465 e. The smallest absolute Gasteiger partial charge is 0.350 e. The lowest BCUT2D eigenvalue weighted by molar-refractivity contribution is 0.0607. The molecule has 2 N–H and O–H groups in total. The number of benzene rings is 1. The van der Waals surface area contributed by atoms with Gasteiger partial charge in [0.2, 0.25) is 0 Å². The van der Waals surface area contributed by atoms with E-state index in [4.69, 9.17) is 10.5 Å². The zero-order valence-corrected chi connectivity index (χ0v) is 14.0. The number of methoxy groups -OCH3 is 1. The van der Waals surface area contributed by atoms with Crippen LogP contribution in [-0.2, 0) is 11.2 Å². The lowest BCUT2D eigenvalue weighted by atomic mass is 10.0. The van der Waals surface area contributed by atoms with E-state index in [1.54, 1.807) is 0 Å². The van der Waals surface area contributed by atoms with Crippen molar-refractivity contribution in [2.75, 3.05) is 12.8 Å². The van der Waals surface area contributed by atoms with Crippen molar-refractivity contribution in [3.05, 3.63) is 38.7 Å². The van der Waals surface area contributed by atoms with Gasteiger partial charge in [0.1, 0.15) is 4.88 Å². The molecule has 0 aliphatic heterocycles. The van der Waals surface area contributed by atoms with Crippen LogP contribution in [0.15, 0.2) is 22.7 Å². The highest BCUT2D eigenvalue weighted by Gasteiger charge is 2.22. The summed E-state index contributed by atoms with van der Waals surface area (Å²) in [6.45, 7) is 4.07. The Morgan fingerprint density at radius 2 is 2.15 bits per heavy atom. The quantitative estimate of drug-likeness (QED) is 0.831. The van der Waals surface area contributed by atoms with Gasteiger partial charge >= 0.3 is 5.97 Å². The molecular formula is C15H16BrNO2S. The van der Waals surface area contributed by atoms with Crippen LogP contribution in [0.2, 0.25) is 0 Å². The molecule has 1 aromatic heterocycles. The Kier molecular flexibility index (Phi) is 4.50. The number of anilines is 1.